The lowest BCUT2D eigenvalue weighted by Crippen LogP contribution is -2.34. The Labute approximate surface area is 118 Å². The van der Waals surface area contributed by atoms with Gasteiger partial charge in [-0.05, 0) is 36.4 Å². The minimum Gasteiger partial charge on any atom is -0.395 e. The summed E-state index contributed by atoms with van der Waals surface area (Å²) in [5.74, 6) is -0.500. The Morgan fingerprint density at radius 3 is 2.61 bits per heavy atom. The van der Waals surface area contributed by atoms with Crippen LogP contribution in [-0.2, 0) is 0 Å². The molecule has 1 aromatic carbocycles. The Kier molecular flexibility index (Phi) is 5.27. The Hall–Kier alpha value is -0.960. The molecule has 0 aliphatic heterocycles. The van der Waals surface area contributed by atoms with Crippen LogP contribution in [0.15, 0.2) is 12.1 Å². The van der Waals surface area contributed by atoms with E-state index in [1.807, 2.05) is 13.8 Å². The normalized spacial score (nSPS) is 10.8. The summed E-state index contributed by atoms with van der Waals surface area (Å²) in [7, 11) is 0. The van der Waals surface area contributed by atoms with Crippen LogP contribution < -0.4 is 4.90 Å². The predicted octanol–water partition coefficient (Wildman–Crippen LogP) is 2.55. The van der Waals surface area contributed by atoms with Crippen LogP contribution >= 0.6 is 22.6 Å². The first-order valence-corrected chi connectivity index (χ1v) is 6.47. The van der Waals surface area contributed by atoms with E-state index in [4.69, 9.17) is 5.11 Å². The fourth-order valence-corrected chi connectivity index (χ4v) is 2.12. The van der Waals surface area contributed by atoms with Crippen molar-refractivity contribution < 1.29 is 14.4 Å². The van der Waals surface area contributed by atoms with Gasteiger partial charge in [-0.2, -0.15) is 0 Å². The molecule has 0 heterocycles. The molecule has 0 saturated heterocycles. The highest BCUT2D eigenvalue weighted by molar-refractivity contribution is 14.1. The fraction of sp³-hybridized carbons (Fsp3) is 0.455. The predicted molar refractivity (Wildman–Crippen MR) is 75.3 cm³/mol. The van der Waals surface area contributed by atoms with Gasteiger partial charge in [0.15, 0.2) is 0 Å². The molecule has 0 atom stereocenters. The first-order chi connectivity index (χ1) is 8.38. The second kappa shape index (κ2) is 6.28. The average Bonchev–Trinajstić information content (AvgIpc) is 2.28. The van der Waals surface area contributed by atoms with E-state index in [1.54, 1.807) is 27.5 Å². The van der Waals surface area contributed by atoms with Crippen molar-refractivity contribution >= 4 is 34.0 Å². The van der Waals surface area contributed by atoms with Crippen LogP contribution in [0, 0.1) is 19.5 Å². The molecule has 0 fully saturated rings. The van der Waals surface area contributed by atoms with E-state index in [9.17, 15) is 14.5 Å². The second-order valence-electron chi connectivity index (χ2n) is 4.02. The van der Waals surface area contributed by atoms with Gasteiger partial charge in [0.1, 0.15) is 11.5 Å². The lowest BCUT2D eigenvalue weighted by molar-refractivity contribution is -0.384. The zero-order chi connectivity index (χ0) is 13.9. The number of aliphatic hydroxyl groups is 1. The smallest absolute Gasteiger partial charge is 0.293 e. The van der Waals surface area contributed by atoms with Crippen LogP contribution in [0.25, 0.3) is 0 Å². The van der Waals surface area contributed by atoms with Crippen LogP contribution in [0.3, 0.4) is 0 Å². The molecule has 0 aliphatic rings. The van der Waals surface area contributed by atoms with E-state index in [0.29, 0.717) is 0 Å². The molecule has 0 amide bonds. The van der Waals surface area contributed by atoms with Crippen molar-refractivity contribution in [3.8, 4) is 0 Å². The molecule has 1 N–H and O–H groups in total. The molecule has 18 heavy (non-hydrogen) atoms. The van der Waals surface area contributed by atoms with Gasteiger partial charge in [-0.25, -0.2) is 4.39 Å². The number of nitro groups is 1. The quantitative estimate of drug-likeness (QED) is 0.493. The van der Waals surface area contributed by atoms with Crippen LogP contribution in [-0.4, -0.2) is 29.2 Å². The van der Waals surface area contributed by atoms with Crippen molar-refractivity contribution in [2.45, 2.75) is 19.9 Å². The maximum Gasteiger partial charge on any atom is 0.293 e. The third-order valence-electron chi connectivity index (χ3n) is 2.49. The van der Waals surface area contributed by atoms with Crippen LogP contribution in [0.5, 0.6) is 0 Å². The molecule has 0 bridgehead atoms. The molecule has 0 saturated carbocycles. The molecule has 1 aromatic rings. The SMILES string of the molecule is CC(C)N(CCO)c1cc(F)c(I)cc1[N+](=O)[O-]. The minimum atomic E-state index is -0.538. The van der Waals surface area contributed by atoms with Crippen molar-refractivity contribution in [3.63, 3.8) is 0 Å². The van der Waals surface area contributed by atoms with Crippen molar-refractivity contribution in [1.29, 1.82) is 0 Å². The highest BCUT2D eigenvalue weighted by Gasteiger charge is 2.23. The summed E-state index contributed by atoms with van der Waals surface area (Å²) >= 11 is 1.71. The van der Waals surface area contributed by atoms with Gasteiger partial charge in [0.05, 0.1) is 15.1 Å². The van der Waals surface area contributed by atoms with Gasteiger partial charge in [0.2, 0.25) is 0 Å². The number of aliphatic hydroxyl groups excluding tert-OH is 1. The number of hydrogen-bond donors (Lipinski definition) is 1. The zero-order valence-electron chi connectivity index (χ0n) is 10.1. The Bertz CT molecular complexity index is 454. The summed E-state index contributed by atoms with van der Waals surface area (Å²) in [6.07, 6.45) is 0. The van der Waals surface area contributed by atoms with Gasteiger partial charge in [0.25, 0.3) is 5.69 Å². The number of nitrogens with zero attached hydrogens (tertiary/aromatic N) is 2. The maximum absolute atomic E-state index is 13.6. The lowest BCUT2D eigenvalue weighted by Gasteiger charge is -2.27. The van der Waals surface area contributed by atoms with Crippen molar-refractivity contribution in [2.24, 2.45) is 0 Å². The summed E-state index contributed by atoms with van der Waals surface area (Å²) in [6.45, 7) is 3.73. The topological polar surface area (TPSA) is 66.6 Å². The number of benzene rings is 1. The highest BCUT2D eigenvalue weighted by Crippen LogP contribution is 2.32. The number of nitro benzene ring substituents is 1. The standard InChI is InChI=1S/C11H14FIN2O3/c1-7(2)14(3-4-16)10-5-8(12)9(13)6-11(10)15(17)18/h5-7,16H,3-4H2,1-2H3. The number of rotatable bonds is 5. The van der Waals surface area contributed by atoms with Crippen molar-refractivity contribution in [2.75, 3.05) is 18.1 Å². The van der Waals surface area contributed by atoms with Gasteiger partial charge >= 0.3 is 0 Å². The molecule has 7 heteroatoms. The molecule has 0 radical (unpaired) electrons. The monoisotopic (exact) mass is 368 g/mol. The summed E-state index contributed by atoms with van der Waals surface area (Å²) < 4.78 is 13.8. The third-order valence-corrected chi connectivity index (χ3v) is 3.31. The zero-order valence-corrected chi connectivity index (χ0v) is 12.2. The second-order valence-corrected chi connectivity index (χ2v) is 5.19. The largest absolute Gasteiger partial charge is 0.395 e. The molecular weight excluding hydrogens is 354 g/mol. The van der Waals surface area contributed by atoms with Gasteiger partial charge in [-0.1, -0.05) is 0 Å². The first kappa shape index (κ1) is 15.1. The lowest BCUT2D eigenvalue weighted by atomic mass is 10.2. The van der Waals surface area contributed by atoms with Crippen LogP contribution in [0.2, 0.25) is 0 Å². The number of anilines is 1. The van der Waals surface area contributed by atoms with E-state index >= 15 is 0 Å². The number of halogens is 2. The van der Waals surface area contributed by atoms with Crippen LogP contribution in [0.1, 0.15) is 13.8 Å². The maximum atomic E-state index is 13.6. The minimum absolute atomic E-state index is 0.0738. The molecular formula is C11H14FIN2O3. The van der Waals surface area contributed by atoms with Crippen molar-refractivity contribution in [1.82, 2.24) is 0 Å². The van der Waals surface area contributed by atoms with E-state index in [-0.39, 0.29) is 34.1 Å². The molecule has 0 spiro atoms. The van der Waals surface area contributed by atoms with E-state index in [0.717, 1.165) is 6.07 Å². The van der Waals surface area contributed by atoms with Gasteiger partial charge in [-0.3, -0.25) is 10.1 Å². The first-order valence-electron chi connectivity index (χ1n) is 5.39. The van der Waals surface area contributed by atoms with Gasteiger partial charge in [0, 0.05) is 24.7 Å². The van der Waals surface area contributed by atoms with E-state index < -0.39 is 10.7 Å². The summed E-state index contributed by atoms with van der Waals surface area (Å²) in [4.78, 5) is 12.1. The molecule has 0 aromatic heterocycles. The Morgan fingerprint density at radius 1 is 1.56 bits per heavy atom. The Balaban J connectivity index is 3.35. The summed E-state index contributed by atoms with van der Waals surface area (Å²) in [5, 5.41) is 20.0. The fourth-order valence-electron chi connectivity index (χ4n) is 1.67. The van der Waals surface area contributed by atoms with Crippen molar-refractivity contribution in [3.05, 3.63) is 31.6 Å². The molecule has 1 rings (SSSR count). The third kappa shape index (κ3) is 3.29. The molecule has 100 valence electrons. The van der Waals surface area contributed by atoms with Gasteiger partial charge < -0.3 is 10.0 Å². The highest BCUT2D eigenvalue weighted by atomic mass is 127. The molecule has 0 aliphatic carbocycles. The Morgan fingerprint density at radius 2 is 2.17 bits per heavy atom. The molecule has 5 nitrogen and oxygen atoms in total. The molecule has 0 unspecified atom stereocenters. The summed E-state index contributed by atoms with van der Waals surface area (Å²) in [5.41, 5.74) is 0.0462. The van der Waals surface area contributed by atoms with E-state index in [2.05, 4.69) is 0 Å². The number of hydrogen-bond acceptors (Lipinski definition) is 4. The summed E-state index contributed by atoms with van der Waals surface area (Å²) in [6, 6.07) is 2.28. The van der Waals surface area contributed by atoms with E-state index in [1.165, 1.54) is 6.07 Å². The average molecular weight is 368 g/mol. The van der Waals surface area contributed by atoms with Crippen LogP contribution in [0.4, 0.5) is 15.8 Å². The van der Waals surface area contributed by atoms with Gasteiger partial charge in [-0.15, -0.1) is 0 Å².